The summed E-state index contributed by atoms with van der Waals surface area (Å²) in [6, 6.07) is 1.44. The molecule has 2 heterocycles. The predicted molar refractivity (Wildman–Crippen MR) is 65.1 cm³/mol. The lowest BCUT2D eigenvalue weighted by atomic mass is 9.94. The molecule has 2 rings (SSSR count). The molecular weight excluding hydrogens is 278 g/mol. The highest BCUT2D eigenvalue weighted by atomic mass is 32.2. The maximum Gasteiger partial charge on any atom is 0.327 e. The first-order chi connectivity index (χ1) is 8.46. The van der Waals surface area contributed by atoms with E-state index in [0.29, 0.717) is 13.0 Å². The molecule has 1 aliphatic heterocycles. The number of rotatable bonds is 4. The quantitative estimate of drug-likeness (QED) is 0.850. The minimum Gasteiger partial charge on any atom is -0.480 e. The van der Waals surface area contributed by atoms with Gasteiger partial charge in [0.15, 0.2) is 5.54 Å². The minimum absolute atomic E-state index is 0.0821. The molecule has 8 heteroatoms. The van der Waals surface area contributed by atoms with Crippen molar-refractivity contribution in [2.45, 2.75) is 23.3 Å². The van der Waals surface area contributed by atoms with Gasteiger partial charge in [0.05, 0.1) is 11.5 Å². The molecule has 0 bridgehead atoms. The van der Waals surface area contributed by atoms with Crippen molar-refractivity contribution in [3.63, 3.8) is 0 Å². The second kappa shape index (κ2) is 4.96. The van der Waals surface area contributed by atoms with Gasteiger partial charge in [0.2, 0.25) is 10.0 Å². The Morgan fingerprint density at radius 3 is 2.83 bits per heavy atom. The van der Waals surface area contributed by atoms with E-state index in [2.05, 4.69) is 4.72 Å². The van der Waals surface area contributed by atoms with Crippen LogP contribution in [0.5, 0.6) is 0 Å². The van der Waals surface area contributed by atoms with E-state index in [9.17, 15) is 18.3 Å². The molecule has 1 saturated heterocycles. The largest absolute Gasteiger partial charge is 0.480 e. The van der Waals surface area contributed by atoms with Crippen LogP contribution in [-0.4, -0.2) is 38.2 Å². The number of carboxylic acid groups (broad SMARTS) is 1. The van der Waals surface area contributed by atoms with Gasteiger partial charge >= 0.3 is 5.97 Å². The summed E-state index contributed by atoms with van der Waals surface area (Å²) >= 11 is 1.24. The molecule has 0 radical (unpaired) electrons. The van der Waals surface area contributed by atoms with Crippen molar-refractivity contribution in [2.24, 2.45) is 0 Å². The topological polar surface area (TPSA) is 92.7 Å². The van der Waals surface area contributed by atoms with Crippen LogP contribution in [0.15, 0.2) is 21.7 Å². The second-order valence-electron chi connectivity index (χ2n) is 4.11. The summed E-state index contributed by atoms with van der Waals surface area (Å²) < 4.78 is 31.5. The van der Waals surface area contributed by atoms with Gasteiger partial charge in [0.25, 0.3) is 0 Å². The summed E-state index contributed by atoms with van der Waals surface area (Å²) in [5.41, 5.74) is -1.56. The number of carboxylic acids is 1. The van der Waals surface area contributed by atoms with Crippen LogP contribution >= 0.6 is 11.3 Å². The Bertz CT molecular complexity index is 516. The first-order valence-corrected chi connectivity index (χ1v) is 7.76. The van der Waals surface area contributed by atoms with Crippen molar-refractivity contribution < 1.29 is 23.1 Å². The first-order valence-electron chi connectivity index (χ1n) is 5.34. The van der Waals surface area contributed by atoms with Crippen LogP contribution in [0.2, 0.25) is 0 Å². The van der Waals surface area contributed by atoms with Gasteiger partial charge in [0.1, 0.15) is 0 Å². The molecule has 1 fully saturated rings. The smallest absolute Gasteiger partial charge is 0.327 e. The number of carbonyl (C=O) groups is 1. The lowest BCUT2D eigenvalue weighted by molar-refractivity contribution is -0.149. The molecule has 100 valence electrons. The zero-order valence-corrected chi connectivity index (χ0v) is 11.1. The molecule has 1 aromatic heterocycles. The highest BCUT2D eigenvalue weighted by Crippen LogP contribution is 2.23. The third-order valence-electron chi connectivity index (χ3n) is 2.79. The van der Waals surface area contributed by atoms with Crippen molar-refractivity contribution in [1.29, 1.82) is 0 Å². The Balaban J connectivity index is 2.27. The van der Waals surface area contributed by atoms with E-state index in [4.69, 9.17) is 4.74 Å². The maximum atomic E-state index is 12.0. The van der Waals surface area contributed by atoms with Gasteiger partial charge in [0, 0.05) is 12.0 Å². The average Bonchev–Trinajstić information content (AvgIpc) is 2.83. The summed E-state index contributed by atoms with van der Waals surface area (Å²) in [6.07, 6.45) is 0.740. The van der Waals surface area contributed by atoms with Gasteiger partial charge in [-0.15, -0.1) is 0 Å². The SMILES string of the molecule is O=C(O)C1(NS(=O)(=O)c2ccsc2)CCCOC1. The van der Waals surface area contributed by atoms with Crippen LogP contribution in [0.25, 0.3) is 0 Å². The zero-order chi connectivity index (χ0) is 13.2. The summed E-state index contributed by atoms with van der Waals surface area (Å²) in [5.74, 6) is -1.21. The maximum absolute atomic E-state index is 12.0. The summed E-state index contributed by atoms with van der Waals surface area (Å²) in [4.78, 5) is 11.4. The highest BCUT2D eigenvalue weighted by molar-refractivity contribution is 7.89. The van der Waals surface area contributed by atoms with Crippen LogP contribution in [0.4, 0.5) is 0 Å². The van der Waals surface area contributed by atoms with Crippen molar-refractivity contribution in [2.75, 3.05) is 13.2 Å². The fourth-order valence-corrected chi connectivity index (χ4v) is 4.21. The molecule has 0 spiro atoms. The van der Waals surface area contributed by atoms with E-state index in [1.54, 1.807) is 5.38 Å². The molecule has 1 aromatic rings. The van der Waals surface area contributed by atoms with E-state index < -0.39 is 21.5 Å². The van der Waals surface area contributed by atoms with E-state index in [1.165, 1.54) is 22.8 Å². The van der Waals surface area contributed by atoms with Gasteiger partial charge in [-0.3, -0.25) is 4.79 Å². The van der Waals surface area contributed by atoms with Crippen molar-refractivity contribution in [3.8, 4) is 0 Å². The van der Waals surface area contributed by atoms with Crippen LogP contribution in [-0.2, 0) is 19.6 Å². The zero-order valence-electron chi connectivity index (χ0n) is 9.46. The van der Waals surface area contributed by atoms with E-state index in [1.807, 2.05) is 0 Å². The number of sulfonamides is 1. The molecule has 2 N–H and O–H groups in total. The summed E-state index contributed by atoms with van der Waals surface area (Å²) in [5, 5.41) is 12.3. The second-order valence-corrected chi connectivity index (χ2v) is 6.57. The number of nitrogens with one attached hydrogen (secondary N) is 1. The Kier molecular flexibility index (Phi) is 3.71. The third kappa shape index (κ3) is 2.56. The lowest BCUT2D eigenvalue weighted by Crippen LogP contribution is -2.59. The molecule has 0 aromatic carbocycles. The third-order valence-corrected chi connectivity index (χ3v) is 5.15. The fraction of sp³-hybridized carbons (Fsp3) is 0.500. The van der Waals surface area contributed by atoms with Gasteiger partial charge in [-0.2, -0.15) is 16.1 Å². The minimum atomic E-state index is -3.82. The Morgan fingerprint density at radius 1 is 1.56 bits per heavy atom. The van der Waals surface area contributed by atoms with Crippen LogP contribution in [0, 0.1) is 0 Å². The molecule has 18 heavy (non-hydrogen) atoms. The predicted octanol–water partition coefficient (Wildman–Crippen LogP) is 0.660. The monoisotopic (exact) mass is 291 g/mol. The summed E-state index contributed by atoms with van der Waals surface area (Å²) in [7, 11) is -3.82. The van der Waals surface area contributed by atoms with Crippen LogP contribution in [0.1, 0.15) is 12.8 Å². The van der Waals surface area contributed by atoms with Crippen LogP contribution in [0.3, 0.4) is 0 Å². The molecule has 0 amide bonds. The standard InChI is InChI=1S/C10H13NO5S2/c12-9(13)10(3-1-4-16-7-10)11-18(14,15)8-2-5-17-6-8/h2,5-6,11H,1,3-4,7H2,(H,12,13). The Hall–Kier alpha value is -0.960. The average molecular weight is 291 g/mol. The molecule has 0 saturated carbocycles. The Morgan fingerprint density at radius 2 is 2.33 bits per heavy atom. The number of hydrogen-bond donors (Lipinski definition) is 2. The molecule has 1 atom stereocenters. The van der Waals surface area contributed by atoms with Crippen molar-refractivity contribution in [3.05, 3.63) is 16.8 Å². The van der Waals surface area contributed by atoms with E-state index >= 15 is 0 Å². The van der Waals surface area contributed by atoms with E-state index in [0.717, 1.165) is 0 Å². The summed E-state index contributed by atoms with van der Waals surface area (Å²) in [6.45, 7) is 0.306. The Labute approximate surface area is 109 Å². The molecule has 6 nitrogen and oxygen atoms in total. The normalized spacial score (nSPS) is 24.9. The van der Waals surface area contributed by atoms with Gasteiger partial charge in [-0.1, -0.05) is 0 Å². The molecule has 1 aliphatic rings. The number of aliphatic carboxylic acids is 1. The van der Waals surface area contributed by atoms with Gasteiger partial charge < -0.3 is 9.84 Å². The number of ether oxygens (including phenoxy) is 1. The fourth-order valence-electron chi connectivity index (χ4n) is 1.81. The van der Waals surface area contributed by atoms with Gasteiger partial charge in [-0.25, -0.2) is 8.42 Å². The van der Waals surface area contributed by atoms with Gasteiger partial charge in [-0.05, 0) is 24.3 Å². The van der Waals surface area contributed by atoms with Crippen LogP contribution < -0.4 is 4.72 Å². The lowest BCUT2D eigenvalue weighted by Gasteiger charge is -2.33. The van der Waals surface area contributed by atoms with Crippen molar-refractivity contribution >= 4 is 27.3 Å². The molecule has 1 unspecified atom stereocenters. The number of thiophene rings is 1. The number of hydrogen-bond acceptors (Lipinski definition) is 5. The van der Waals surface area contributed by atoms with Crippen molar-refractivity contribution in [1.82, 2.24) is 4.72 Å². The molecule has 0 aliphatic carbocycles. The highest BCUT2D eigenvalue weighted by Gasteiger charge is 2.44. The first kappa shape index (κ1) is 13.5. The molecular formula is C10H13NO5S2. The van der Waals surface area contributed by atoms with E-state index in [-0.39, 0.29) is 17.9 Å².